The van der Waals surface area contributed by atoms with Gasteiger partial charge in [-0.3, -0.25) is 15.5 Å². The van der Waals surface area contributed by atoms with Crippen LogP contribution >= 0.6 is 12.2 Å². The summed E-state index contributed by atoms with van der Waals surface area (Å²) in [7, 11) is 0. The van der Waals surface area contributed by atoms with Crippen LogP contribution in [0, 0.1) is 10.1 Å². The van der Waals surface area contributed by atoms with Gasteiger partial charge in [0.05, 0.1) is 10.6 Å². The van der Waals surface area contributed by atoms with Crippen molar-refractivity contribution in [2.75, 3.05) is 5.43 Å². The molecule has 0 saturated carbocycles. The van der Waals surface area contributed by atoms with E-state index in [2.05, 4.69) is 16.4 Å². The lowest BCUT2D eigenvalue weighted by molar-refractivity contribution is -0.384. The molecule has 0 fully saturated rings. The molecule has 1 aromatic carbocycles. The Hall–Kier alpha value is -1.73. The minimum absolute atomic E-state index is 0.0303. The first-order valence-electron chi connectivity index (χ1n) is 3.78. The zero-order chi connectivity index (χ0) is 10.1. The molecule has 7 heteroatoms. The smallest absolute Gasteiger partial charge is 0.271 e. The van der Waals surface area contributed by atoms with Crippen molar-refractivity contribution in [2.45, 2.75) is 0 Å². The standard InChI is InChI=1S/C7H6N4O2S/c12-11(13)4-1-2-5-6(3-4)8-10-9-7(5)14/h1-3,8,10H,(H,9,14). The predicted molar refractivity (Wildman–Crippen MR) is 54.7 cm³/mol. The molecule has 1 heterocycles. The number of benzene rings is 1. The first-order valence-corrected chi connectivity index (χ1v) is 4.19. The molecule has 14 heavy (non-hydrogen) atoms. The molecular formula is C7H6N4O2S. The maximum Gasteiger partial charge on any atom is 0.271 e. The number of thiocarbonyl (C=S) groups is 1. The van der Waals surface area contributed by atoms with Gasteiger partial charge < -0.3 is 5.43 Å². The summed E-state index contributed by atoms with van der Waals surface area (Å²) in [5.74, 6) is 0. The van der Waals surface area contributed by atoms with E-state index in [-0.39, 0.29) is 5.69 Å². The van der Waals surface area contributed by atoms with Crippen molar-refractivity contribution in [1.82, 2.24) is 11.0 Å². The van der Waals surface area contributed by atoms with Gasteiger partial charge in [-0.25, -0.2) is 0 Å². The van der Waals surface area contributed by atoms with E-state index in [0.29, 0.717) is 10.7 Å². The first kappa shape index (κ1) is 8.85. The molecule has 0 amide bonds. The van der Waals surface area contributed by atoms with Gasteiger partial charge in [0.1, 0.15) is 4.99 Å². The molecule has 0 aliphatic carbocycles. The number of hydrogen-bond donors (Lipinski definition) is 3. The Morgan fingerprint density at radius 3 is 2.86 bits per heavy atom. The van der Waals surface area contributed by atoms with Crippen LogP contribution in [0.1, 0.15) is 5.56 Å². The van der Waals surface area contributed by atoms with Crippen LogP contribution in [-0.2, 0) is 0 Å². The molecule has 3 N–H and O–H groups in total. The topological polar surface area (TPSA) is 79.2 Å². The number of hydrazine groups is 2. The molecular weight excluding hydrogens is 204 g/mol. The quantitative estimate of drug-likeness (QED) is 0.360. The van der Waals surface area contributed by atoms with Crippen molar-refractivity contribution in [1.29, 1.82) is 0 Å². The van der Waals surface area contributed by atoms with E-state index < -0.39 is 4.92 Å². The van der Waals surface area contributed by atoms with Gasteiger partial charge in [-0.1, -0.05) is 12.2 Å². The largest absolute Gasteiger partial charge is 0.303 e. The van der Waals surface area contributed by atoms with Crippen LogP contribution in [0.4, 0.5) is 11.4 Å². The first-order chi connectivity index (χ1) is 6.68. The van der Waals surface area contributed by atoms with E-state index in [0.717, 1.165) is 5.56 Å². The monoisotopic (exact) mass is 210 g/mol. The summed E-state index contributed by atoms with van der Waals surface area (Å²) in [6.45, 7) is 0. The van der Waals surface area contributed by atoms with Crippen molar-refractivity contribution in [3.63, 3.8) is 0 Å². The van der Waals surface area contributed by atoms with Gasteiger partial charge in [-0.2, -0.15) is 0 Å². The molecule has 0 spiro atoms. The fourth-order valence-electron chi connectivity index (χ4n) is 1.17. The van der Waals surface area contributed by atoms with Crippen molar-refractivity contribution in [3.8, 4) is 0 Å². The summed E-state index contributed by atoms with van der Waals surface area (Å²) in [5.41, 5.74) is 9.39. The van der Waals surface area contributed by atoms with Gasteiger partial charge in [0.15, 0.2) is 0 Å². The second-order valence-corrected chi connectivity index (χ2v) is 3.10. The maximum atomic E-state index is 10.5. The Balaban J connectivity index is 2.49. The molecule has 1 aliphatic rings. The fourth-order valence-corrected chi connectivity index (χ4v) is 1.40. The lowest BCUT2D eigenvalue weighted by Crippen LogP contribution is -2.45. The highest BCUT2D eigenvalue weighted by molar-refractivity contribution is 7.80. The van der Waals surface area contributed by atoms with Crippen molar-refractivity contribution in [3.05, 3.63) is 33.9 Å². The summed E-state index contributed by atoms with van der Waals surface area (Å²) in [6, 6.07) is 4.45. The minimum Gasteiger partial charge on any atom is -0.303 e. The number of non-ortho nitro benzene ring substituents is 1. The molecule has 0 aromatic heterocycles. The third kappa shape index (κ3) is 1.38. The van der Waals surface area contributed by atoms with E-state index in [9.17, 15) is 10.1 Å². The highest BCUT2D eigenvalue weighted by Gasteiger charge is 2.16. The van der Waals surface area contributed by atoms with E-state index in [1.807, 2.05) is 0 Å². The van der Waals surface area contributed by atoms with Gasteiger partial charge in [0.2, 0.25) is 0 Å². The Morgan fingerprint density at radius 2 is 2.14 bits per heavy atom. The summed E-state index contributed by atoms with van der Waals surface area (Å²) in [4.78, 5) is 10.5. The summed E-state index contributed by atoms with van der Waals surface area (Å²) in [6.07, 6.45) is 0. The lowest BCUT2D eigenvalue weighted by Gasteiger charge is -2.20. The number of anilines is 1. The number of nitrogens with one attached hydrogen (secondary N) is 3. The van der Waals surface area contributed by atoms with Crippen LogP contribution in [0.2, 0.25) is 0 Å². The SMILES string of the molecule is O=[N+]([O-])c1ccc2c(c1)NNNC2=S. The van der Waals surface area contributed by atoms with Crippen LogP contribution < -0.4 is 16.4 Å². The molecule has 1 aliphatic heterocycles. The Bertz CT molecular complexity index is 420. The number of hydrogen-bond acceptors (Lipinski definition) is 5. The highest BCUT2D eigenvalue weighted by Crippen LogP contribution is 2.23. The Kier molecular flexibility index (Phi) is 2.02. The average molecular weight is 210 g/mol. The van der Waals surface area contributed by atoms with Gasteiger partial charge in [-0.15, -0.1) is 5.53 Å². The number of nitrogens with zero attached hydrogens (tertiary/aromatic N) is 1. The van der Waals surface area contributed by atoms with Gasteiger partial charge in [0.25, 0.3) is 5.69 Å². The zero-order valence-electron chi connectivity index (χ0n) is 6.90. The van der Waals surface area contributed by atoms with Crippen molar-refractivity contribution < 1.29 is 4.92 Å². The third-order valence-electron chi connectivity index (χ3n) is 1.83. The number of nitro benzene ring substituents is 1. The lowest BCUT2D eigenvalue weighted by atomic mass is 10.1. The van der Waals surface area contributed by atoms with Gasteiger partial charge >= 0.3 is 0 Å². The van der Waals surface area contributed by atoms with Crippen molar-refractivity contribution >= 4 is 28.6 Å². The van der Waals surface area contributed by atoms with Crippen LogP contribution in [-0.4, -0.2) is 9.91 Å². The molecule has 0 unspecified atom stereocenters. The average Bonchev–Trinajstić information content (AvgIpc) is 2.17. The Labute approximate surface area is 84.4 Å². The molecule has 0 bridgehead atoms. The van der Waals surface area contributed by atoms with E-state index >= 15 is 0 Å². The van der Waals surface area contributed by atoms with Crippen LogP contribution in [0.15, 0.2) is 18.2 Å². The van der Waals surface area contributed by atoms with E-state index in [1.165, 1.54) is 12.1 Å². The molecule has 72 valence electrons. The fraction of sp³-hybridized carbons (Fsp3) is 0. The van der Waals surface area contributed by atoms with Crippen LogP contribution in [0.25, 0.3) is 0 Å². The van der Waals surface area contributed by atoms with Crippen LogP contribution in [0.5, 0.6) is 0 Å². The minimum atomic E-state index is -0.451. The molecule has 6 nitrogen and oxygen atoms in total. The molecule has 1 aromatic rings. The molecule has 0 radical (unpaired) electrons. The molecule has 0 atom stereocenters. The second kappa shape index (κ2) is 3.20. The van der Waals surface area contributed by atoms with E-state index in [1.54, 1.807) is 6.07 Å². The number of rotatable bonds is 1. The van der Waals surface area contributed by atoms with Crippen molar-refractivity contribution in [2.24, 2.45) is 0 Å². The summed E-state index contributed by atoms with van der Waals surface area (Å²) >= 11 is 4.99. The summed E-state index contributed by atoms with van der Waals surface area (Å²) < 4.78 is 0. The predicted octanol–water partition coefficient (Wildman–Crippen LogP) is 0.705. The molecule has 2 rings (SSSR count). The molecule has 0 saturated heterocycles. The normalized spacial score (nSPS) is 13.9. The van der Waals surface area contributed by atoms with Gasteiger partial charge in [-0.05, 0) is 6.07 Å². The highest BCUT2D eigenvalue weighted by atomic mass is 32.1. The van der Waals surface area contributed by atoms with E-state index in [4.69, 9.17) is 12.2 Å². The maximum absolute atomic E-state index is 10.5. The Morgan fingerprint density at radius 1 is 1.36 bits per heavy atom. The van der Waals surface area contributed by atoms with Gasteiger partial charge in [0, 0.05) is 17.7 Å². The third-order valence-corrected chi connectivity index (χ3v) is 2.15. The number of nitro groups is 1. The second-order valence-electron chi connectivity index (χ2n) is 2.69. The van der Waals surface area contributed by atoms with Crippen LogP contribution in [0.3, 0.4) is 0 Å². The zero-order valence-corrected chi connectivity index (χ0v) is 7.72. The summed E-state index contributed by atoms with van der Waals surface area (Å²) in [5, 5.41) is 10.5. The number of fused-ring (bicyclic) bond motifs is 1.